The van der Waals surface area contributed by atoms with Gasteiger partial charge in [-0.05, 0) is 48.6 Å². The van der Waals surface area contributed by atoms with Crippen LogP contribution < -0.4 is 5.32 Å². The first-order valence-corrected chi connectivity index (χ1v) is 8.26. The molecule has 0 saturated heterocycles. The van der Waals surface area contributed by atoms with Crippen LogP contribution in [0.4, 0.5) is 0 Å². The van der Waals surface area contributed by atoms with Crippen LogP contribution in [0.3, 0.4) is 0 Å². The molecule has 2 rings (SSSR count). The van der Waals surface area contributed by atoms with Gasteiger partial charge in [-0.2, -0.15) is 0 Å². The predicted molar refractivity (Wildman–Crippen MR) is 102 cm³/mol. The summed E-state index contributed by atoms with van der Waals surface area (Å²) in [6.07, 6.45) is 14.4. The third kappa shape index (κ3) is 5.54. The third-order valence-corrected chi connectivity index (χ3v) is 4.02. The van der Waals surface area contributed by atoms with Gasteiger partial charge in [-0.3, -0.25) is 0 Å². The number of hydrogen-bond donors (Lipinski definition) is 1. The van der Waals surface area contributed by atoms with Crippen molar-refractivity contribution in [2.45, 2.75) is 20.3 Å². The van der Waals surface area contributed by atoms with E-state index in [1.807, 2.05) is 7.05 Å². The van der Waals surface area contributed by atoms with Gasteiger partial charge < -0.3 is 5.32 Å². The highest BCUT2D eigenvalue weighted by molar-refractivity contribution is 5.57. The van der Waals surface area contributed by atoms with Crippen molar-refractivity contribution in [1.82, 2.24) is 5.32 Å². The highest BCUT2D eigenvalue weighted by Crippen LogP contribution is 2.20. The van der Waals surface area contributed by atoms with Crippen molar-refractivity contribution in [1.29, 1.82) is 0 Å². The number of rotatable bonds is 6. The topological polar surface area (TPSA) is 12.0 Å². The number of aryl methyl sites for hydroxylation is 1. The fourth-order valence-corrected chi connectivity index (χ4v) is 2.48. The molecular weight excluding hydrogens is 278 g/mol. The SMILES string of the molecule is C=C(/C=C/c1ccc(C)cc1)/C(=C/C1=CCC(C)C=C1)CNC. The molecule has 1 heteroatoms. The Morgan fingerprint density at radius 1 is 1.30 bits per heavy atom. The van der Waals surface area contributed by atoms with E-state index in [1.54, 1.807) is 0 Å². The minimum atomic E-state index is 0.643. The minimum absolute atomic E-state index is 0.643. The molecule has 1 N–H and O–H groups in total. The largest absolute Gasteiger partial charge is 0.316 e. The number of nitrogens with one attached hydrogen (secondary N) is 1. The van der Waals surface area contributed by atoms with Gasteiger partial charge in [0.05, 0.1) is 0 Å². The molecule has 0 aromatic heterocycles. The lowest BCUT2D eigenvalue weighted by Crippen LogP contribution is -2.11. The van der Waals surface area contributed by atoms with Gasteiger partial charge in [0.2, 0.25) is 0 Å². The van der Waals surface area contributed by atoms with Crippen LogP contribution in [0.25, 0.3) is 6.08 Å². The summed E-state index contributed by atoms with van der Waals surface area (Å²) in [6.45, 7) is 9.40. The maximum Gasteiger partial charge on any atom is 0.0208 e. The van der Waals surface area contributed by atoms with Gasteiger partial charge in [-0.1, -0.05) is 79.8 Å². The van der Waals surface area contributed by atoms with E-state index in [1.165, 1.54) is 22.3 Å². The third-order valence-electron chi connectivity index (χ3n) is 4.02. The molecule has 0 saturated carbocycles. The van der Waals surface area contributed by atoms with Crippen molar-refractivity contribution in [3.05, 3.63) is 89.1 Å². The normalized spacial score (nSPS) is 18.3. The molecule has 1 unspecified atom stereocenters. The molecule has 0 bridgehead atoms. The lowest BCUT2D eigenvalue weighted by atomic mass is 9.95. The summed E-state index contributed by atoms with van der Waals surface area (Å²) in [6, 6.07) is 8.53. The van der Waals surface area contributed by atoms with E-state index >= 15 is 0 Å². The van der Waals surface area contributed by atoms with Gasteiger partial charge in [0, 0.05) is 6.54 Å². The van der Waals surface area contributed by atoms with Gasteiger partial charge in [0.15, 0.2) is 0 Å². The van der Waals surface area contributed by atoms with Gasteiger partial charge in [-0.25, -0.2) is 0 Å². The number of benzene rings is 1. The summed E-state index contributed by atoms with van der Waals surface area (Å²) in [5.74, 6) is 0.643. The van der Waals surface area contributed by atoms with E-state index in [4.69, 9.17) is 0 Å². The molecule has 0 spiro atoms. The minimum Gasteiger partial charge on any atom is -0.316 e. The van der Waals surface area contributed by atoms with Crippen LogP contribution in [-0.4, -0.2) is 13.6 Å². The van der Waals surface area contributed by atoms with E-state index in [9.17, 15) is 0 Å². The maximum absolute atomic E-state index is 4.24. The predicted octanol–water partition coefficient (Wildman–Crippen LogP) is 5.23. The lowest BCUT2D eigenvalue weighted by molar-refractivity contribution is 0.733. The average Bonchev–Trinajstić information content (AvgIpc) is 2.55. The standard InChI is InChI=1S/C22H27N/c1-17-5-10-20(11-6-17)14-9-19(3)22(16-23-4)15-21-12-7-18(2)8-13-21/h5-7,9-15,18,23H,3,8,16H2,1-2,4H3/b14-9+,22-15+. The molecule has 1 nitrogen and oxygen atoms in total. The zero-order valence-corrected chi connectivity index (χ0v) is 14.5. The van der Waals surface area contributed by atoms with Crippen LogP contribution in [-0.2, 0) is 0 Å². The van der Waals surface area contributed by atoms with Crippen LogP contribution in [0.1, 0.15) is 24.5 Å². The molecule has 0 radical (unpaired) electrons. The molecule has 0 heterocycles. The Kier molecular flexibility index (Phi) is 6.37. The fourth-order valence-electron chi connectivity index (χ4n) is 2.48. The molecule has 0 amide bonds. The molecule has 1 aliphatic carbocycles. The Labute approximate surface area is 140 Å². The van der Waals surface area contributed by atoms with Crippen molar-refractivity contribution >= 4 is 6.08 Å². The number of allylic oxidation sites excluding steroid dienone is 6. The Morgan fingerprint density at radius 3 is 2.65 bits per heavy atom. The maximum atomic E-state index is 4.24. The van der Waals surface area contributed by atoms with Gasteiger partial charge >= 0.3 is 0 Å². The molecule has 1 aromatic rings. The number of hydrogen-bond acceptors (Lipinski definition) is 1. The van der Waals surface area contributed by atoms with Gasteiger partial charge in [-0.15, -0.1) is 0 Å². The zero-order valence-electron chi connectivity index (χ0n) is 14.5. The quantitative estimate of drug-likeness (QED) is 0.709. The monoisotopic (exact) mass is 305 g/mol. The van der Waals surface area contributed by atoms with Crippen LogP contribution in [0.5, 0.6) is 0 Å². The van der Waals surface area contributed by atoms with Gasteiger partial charge in [0.25, 0.3) is 0 Å². The summed E-state index contributed by atoms with van der Waals surface area (Å²) in [5, 5.41) is 3.24. The van der Waals surface area contributed by atoms with E-state index in [0.717, 1.165) is 18.5 Å². The summed E-state index contributed by atoms with van der Waals surface area (Å²) in [7, 11) is 1.97. The molecule has 23 heavy (non-hydrogen) atoms. The molecule has 1 atom stereocenters. The first-order chi connectivity index (χ1) is 11.1. The molecule has 120 valence electrons. The van der Waals surface area contributed by atoms with E-state index < -0.39 is 0 Å². The van der Waals surface area contributed by atoms with E-state index in [0.29, 0.717) is 5.92 Å². The second-order valence-corrected chi connectivity index (χ2v) is 6.25. The lowest BCUT2D eigenvalue weighted by Gasteiger charge is -2.12. The summed E-state index contributed by atoms with van der Waals surface area (Å²) in [4.78, 5) is 0. The fraction of sp³-hybridized carbons (Fsp3) is 0.273. The zero-order chi connectivity index (χ0) is 16.7. The number of likely N-dealkylation sites (N-methyl/N-ethyl adjacent to an activating group) is 1. The van der Waals surface area contributed by atoms with Crippen LogP contribution in [0.15, 0.2) is 77.9 Å². The second kappa shape index (κ2) is 8.50. The Bertz CT molecular complexity index is 654. The van der Waals surface area contributed by atoms with Crippen LogP contribution >= 0.6 is 0 Å². The van der Waals surface area contributed by atoms with E-state index in [-0.39, 0.29) is 0 Å². The molecule has 0 fully saturated rings. The Morgan fingerprint density at radius 2 is 2.04 bits per heavy atom. The molecule has 0 aliphatic heterocycles. The van der Waals surface area contributed by atoms with E-state index in [2.05, 4.69) is 86.5 Å². The molecule has 1 aliphatic rings. The van der Waals surface area contributed by atoms with Crippen molar-refractivity contribution in [2.75, 3.05) is 13.6 Å². The smallest absolute Gasteiger partial charge is 0.0208 e. The Balaban J connectivity index is 2.12. The van der Waals surface area contributed by atoms with Crippen molar-refractivity contribution in [2.24, 2.45) is 5.92 Å². The second-order valence-electron chi connectivity index (χ2n) is 6.25. The van der Waals surface area contributed by atoms with Crippen molar-refractivity contribution in [3.63, 3.8) is 0 Å². The van der Waals surface area contributed by atoms with Crippen LogP contribution in [0, 0.1) is 12.8 Å². The van der Waals surface area contributed by atoms with Crippen molar-refractivity contribution in [3.8, 4) is 0 Å². The summed E-state index contributed by atoms with van der Waals surface area (Å²) < 4.78 is 0. The molecular formula is C22H27N. The van der Waals surface area contributed by atoms with Crippen LogP contribution in [0.2, 0.25) is 0 Å². The summed E-state index contributed by atoms with van der Waals surface area (Å²) >= 11 is 0. The molecule has 1 aromatic carbocycles. The first-order valence-electron chi connectivity index (χ1n) is 8.26. The highest BCUT2D eigenvalue weighted by Gasteiger charge is 2.04. The van der Waals surface area contributed by atoms with Crippen molar-refractivity contribution < 1.29 is 0 Å². The Hall–Kier alpha value is -2.12. The average molecular weight is 305 g/mol. The summed E-state index contributed by atoms with van der Waals surface area (Å²) in [5.41, 5.74) is 6.03. The van der Waals surface area contributed by atoms with Gasteiger partial charge in [0.1, 0.15) is 0 Å². The first kappa shape index (κ1) is 17.2. The highest BCUT2D eigenvalue weighted by atomic mass is 14.8.